The van der Waals surface area contributed by atoms with E-state index in [2.05, 4.69) is 0 Å². The van der Waals surface area contributed by atoms with Gasteiger partial charge in [0.1, 0.15) is 17.3 Å². The third-order valence-electron chi connectivity index (χ3n) is 5.10. The SMILES string of the molecule is Cc1cc(C(OC(C)(C)C)c2ccccc2)cc2c(=O)c3cc(C(=O)O)ccc3oc12. The number of benzene rings is 3. The fourth-order valence-electron chi connectivity index (χ4n) is 3.75. The van der Waals surface area contributed by atoms with Crippen LogP contribution in [0, 0.1) is 6.92 Å². The fraction of sp³-hybridized carbons (Fsp3) is 0.231. The number of carbonyl (C=O) groups is 1. The van der Waals surface area contributed by atoms with Crippen LogP contribution in [0.3, 0.4) is 0 Å². The standard InChI is InChI=1S/C26H24O5/c1-15-12-18(24(31-26(2,3)4)16-8-6-5-7-9-16)14-20-22(27)19-13-17(25(28)29)10-11-21(19)30-23(15)20/h5-14,24H,1-4H3,(H,28,29). The number of aryl methyl sites for hydroxylation is 1. The smallest absolute Gasteiger partial charge is 0.335 e. The van der Waals surface area contributed by atoms with Gasteiger partial charge < -0.3 is 14.3 Å². The highest BCUT2D eigenvalue weighted by molar-refractivity contribution is 5.96. The Balaban J connectivity index is 1.97. The van der Waals surface area contributed by atoms with Crippen molar-refractivity contribution in [3.05, 3.63) is 93.1 Å². The molecule has 0 aliphatic rings. The molecule has 1 aromatic heterocycles. The molecule has 1 N–H and O–H groups in total. The summed E-state index contributed by atoms with van der Waals surface area (Å²) >= 11 is 0. The number of rotatable bonds is 4. The number of fused-ring (bicyclic) bond motifs is 2. The second kappa shape index (κ2) is 7.67. The van der Waals surface area contributed by atoms with Gasteiger partial charge in [-0.25, -0.2) is 4.79 Å². The van der Waals surface area contributed by atoms with Gasteiger partial charge in [0.05, 0.1) is 21.9 Å². The maximum Gasteiger partial charge on any atom is 0.335 e. The van der Waals surface area contributed by atoms with Crippen LogP contribution in [0.25, 0.3) is 21.9 Å². The number of hydrogen-bond acceptors (Lipinski definition) is 4. The molecule has 4 rings (SSSR count). The van der Waals surface area contributed by atoms with E-state index in [1.807, 2.05) is 64.1 Å². The maximum absolute atomic E-state index is 13.3. The topological polar surface area (TPSA) is 76.7 Å². The summed E-state index contributed by atoms with van der Waals surface area (Å²) in [6, 6.07) is 18.0. The minimum atomic E-state index is -1.09. The van der Waals surface area contributed by atoms with Crippen LogP contribution < -0.4 is 5.43 Å². The van der Waals surface area contributed by atoms with E-state index >= 15 is 0 Å². The van der Waals surface area contributed by atoms with Crippen molar-refractivity contribution in [2.24, 2.45) is 0 Å². The Bertz CT molecular complexity index is 1340. The summed E-state index contributed by atoms with van der Waals surface area (Å²) in [5.74, 6) is -1.09. The summed E-state index contributed by atoms with van der Waals surface area (Å²) in [6.07, 6.45) is -0.371. The molecule has 0 aliphatic heterocycles. The molecule has 0 saturated heterocycles. The Labute approximate surface area is 179 Å². The molecule has 0 aliphatic carbocycles. The molecule has 0 spiro atoms. The average Bonchev–Trinajstić information content (AvgIpc) is 2.72. The first-order valence-corrected chi connectivity index (χ1v) is 10.1. The summed E-state index contributed by atoms with van der Waals surface area (Å²) in [5, 5.41) is 9.95. The van der Waals surface area contributed by atoms with Crippen LogP contribution in [0.1, 0.15) is 53.9 Å². The Kier molecular flexibility index (Phi) is 5.15. The number of aromatic carboxylic acids is 1. The van der Waals surface area contributed by atoms with Crippen molar-refractivity contribution >= 4 is 27.9 Å². The van der Waals surface area contributed by atoms with E-state index in [9.17, 15) is 14.7 Å². The molecule has 158 valence electrons. The lowest BCUT2D eigenvalue weighted by molar-refractivity contribution is -0.0429. The Hall–Kier alpha value is -3.44. The Morgan fingerprint density at radius 1 is 0.968 bits per heavy atom. The molecular weight excluding hydrogens is 392 g/mol. The number of carboxylic acids is 1. The second-order valence-corrected chi connectivity index (χ2v) is 8.68. The van der Waals surface area contributed by atoms with E-state index in [0.29, 0.717) is 16.6 Å². The van der Waals surface area contributed by atoms with Crippen molar-refractivity contribution < 1.29 is 19.1 Å². The van der Waals surface area contributed by atoms with Crippen molar-refractivity contribution in [3.63, 3.8) is 0 Å². The molecule has 0 amide bonds. The zero-order valence-electron chi connectivity index (χ0n) is 17.9. The van der Waals surface area contributed by atoms with E-state index in [-0.39, 0.29) is 22.5 Å². The zero-order valence-corrected chi connectivity index (χ0v) is 17.9. The lowest BCUT2D eigenvalue weighted by atomic mass is 9.96. The lowest BCUT2D eigenvalue weighted by Gasteiger charge is -2.28. The molecule has 0 bridgehead atoms. The molecule has 5 nitrogen and oxygen atoms in total. The molecule has 0 saturated carbocycles. The zero-order chi connectivity index (χ0) is 22.3. The number of ether oxygens (including phenoxy) is 1. The Morgan fingerprint density at radius 2 is 1.68 bits per heavy atom. The molecule has 3 aromatic carbocycles. The molecule has 0 radical (unpaired) electrons. The largest absolute Gasteiger partial charge is 0.478 e. The minimum Gasteiger partial charge on any atom is -0.478 e. The van der Waals surface area contributed by atoms with Gasteiger partial charge in [-0.3, -0.25) is 4.79 Å². The minimum absolute atomic E-state index is 0.0465. The van der Waals surface area contributed by atoms with Gasteiger partial charge >= 0.3 is 5.97 Å². The maximum atomic E-state index is 13.3. The van der Waals surface area contributed by atoms with Crippen LogP contribution >= 0.6 is 0 Å². The van der Waals surface area contributed by atoms with E-state index < -0.39 is 11.6 Å². The first kappa shape index (κ1) is 20.8. The van der Waals surface area contributed by atoms with Crippen LogP contribution in [0.4, 0.5) is 0 Å². The van der Waals surface area contributed by atoms with Crippen LogP contribution in [0.5, 0.6) is 0 Å². The van der Waals surface area contributed by atoms with Gasteiger partial charge in [-0.15, -0.1) is 0 Å². The van der Waals surface area contributed by atoms with E-state index in [4.69, 9.17) is 9.15 Å². The lowest BCUT2D eigenvalue weighted by Crippen LogP contribution is -2.23. The third-order valence-corrected chi connectivity index (χ3v) is 5.10. The molecule has 4 aromatic rings. The van der Waals surface area contributed by atoms with Crippen molar-refractivity contribution in [2.75, 3.05) is 0 Å². The van der Waals surface area contributed by atoms with Crippen LogP contribution in [0.15, 0.2) is 69.9 Å². The summed E-state index contributed by atoms with van der Waals surface area (Å²) < 4.78 is 12.4. The highest BCUT2D eigenvalue weighted by atomic mass is 16.5. The summed E-state index contributed by atoms with van der Waals surface area (Å²) in [6.45, 7) is 7.87. The van der Waals surface area contributed by atoms with Crippen molar-refractivity contribution in [3.8, 4) is 0 Å². The summed E-state index contributed by atoms with van der Waals surface area (Å²) in [4.78, 5) is 24.7. The van der Waals surface area contributed by atoms with Gasteiger partial charge in [0.15, 0.2) is 0 Å². The first-order chi connectivity index (χ1) is 14.6. The molecule has 0 fully saturated rings. The Morgan fingerprint density at radius 3 is 2.32 bits per heavy atom. The number of carboxylic acid groups (broad SMARTS) is 1. The highest BCUT2D eigenvalue weighted by Crippen LogP contribution is 2.34. The predicted octanol–water partition coefficient (Wildman–Crippen LogP) is 5.86. The molecule has 1 heterocycles. The molecular formula is C26H24O5. The second-order valence-electron chi connectivity index (χ2n) is 8.68. The molecule has 31 heavy (non-hydrogen) atoms. The predicted molar refractivity (Wildman–Crippen MR) is 121 cm³/mol. The van der Waals surface area contributed by atoms with E-state index in [1.165, 1.54) is 18.2 Å². The van der Waals surface area contributed by atoms with Crippen molar-refractivity contribution in [1.82, 2.24) is 0 Å². The summed E-state index contributed by atoms with van der Waals surface area (Å²) in [5.41, 5.74) is 2.87. The van der Waals surface area contributed by atoms with E-state index in [0.717, 1.165) is 16.7 Å². The number of hydrogen-bond donors (Lipinski definition) is 1. The van der Waals surface area contributed by atoms with Gasteiger partial charge in [-0.05, 0) is 74.7 Å². The van der Waals surface area contributed by atoms with Gasteiger partial charge in [-0.2, -0.15) is 0 Å². The van der Waals surface area contributed by atoms with Crippen molar-refractivity contribution in [1.29, 1.82) is 0 Å². The van der Waals surface area contributed by atoms with Crippen LogP contribution in [0.2, 0.25) is 0 Å². The molecule has 1 atom stereocenters. The third kappa shape index (κ3) is 4.09. The van der Waals surface area contributed by atoms with Gasteiger partial charge in [-0.1, -0.05) is 30.3 Å². The highest BCUT2D eigenvalue weighted by Gasteiger charge is 2.24. The quantitative estimate of drug-likeness (QED) is 0.422. The molecule has 5 heteroatoms. The van der Waals surface area contributed by atoms with E-state index in [1.54, 1.807) is 6.07 Å². The average molecular weight is 416 g/mol. The van der Waals surface area contributed by atoms with Crippen LogP contribution in [-0.4, -0.2) is 16.7 Å². The summed E-state index contributed by atoms with van der Waals surface area (Å²) in [7, 11) is 0. The van der Waals surface area contributed by atoms with Gasteiger partial charge in [0, 0.05) is 0 Å². The fourth-order valence-corrected chi connectivity index (χ4v) is 3.75. The monoisotopic (exact) mass is 416 g/mol. The van der Waals surface area contributed by atoms with Crippen molar-refractivity contribution in [2.45, 2.75) is 39.4 Å². The van der Waals surface area contributed by atoms with Gasteiger partial charge in [0.25, 0.3) is 0 Å². The van der Waals surface area contributed by atoms with Gasteiger partial charge in [0.2, 0.25) is 5.43 Å². The first-order valence-electron chi connectivity index (χ1n) is 10.1. The normalized spacial score (nSPS) is 12.9. The molecule has 1 unspecified atom stereocenters. The van der Waals surface area contributed by atoms with Crippen LogP contribution in [-0.2, 0) is 4.74 Å².